The maximum Gasteiger partial charge on any atom is 0.251 e. The van der Waals surface area contributed by atoms with E-state index in [1.54, 1.807) is 28.9 Å². The van der Waals surface area contributed by atoms with E-state index < -0.39 is 5.91 Å². The van der Waals surface area contributed by atoms with Crippen LogP contribution in [-0.2, 0) is 0 Å². The van der Waals surface area contributed by atoms with Crippen LogP contribution in [0, 0.1) is 0 Å². The van der Waals surface area contributed by atoms with Crippen LogP contribution < -0.4 is 16.0 Å². The Bertz CT molecular complexity index is 913. The summed E-state index contributed by atoms with van der Waals surface area (Å²) in [5.41, 5.74) is 7.30. The first-order valence-corrected chi connectivity index (χ1v) is 10.7. The molecule has 4 rings (SSSR count). The summed E-state index contributed by atoms with van der Waals surface area (Å²) in [5.74, 6) is 0.536. The summed E-state index contributed by atoms with van der Waals surface area (Å²) in [4.78, 5) is 20.1. The predicted molar refractivity (Wildman–Crippen MR) is 110 cm³/mol. The maximum atomic E-state index is 11.9. The molecule has 26 heavy (non-hydrogen) atoms. The molecule has 136 valence electrons. The number of nitrogens with zero attached hydrogens (tertiary/aromatic N) is 2. The van der Waals surface area contributed by atoms with Crippen molar-refractivity contribution >= 4 is 44.5 Å². The number of hydrogen-bond donors (Lipinski definition) is 2. The van der Waals surface area contributed by atoms with Crippen molar-refractivity contribution in [3.63, 3.8) is 0 Å². The number of rotatable bonds is 5. The van der Waals surface area contributed by atoms with E-state index in [1.807, 2.05) is 0 Å². The minimum Gasteiger partial charge on any atom is -0.366 e. The van der Waals surface area contributed by atoms with Gasteiger partial charge in [0.15, 0.2) is 0 Å². The molecule has 7 heteroatoms. The van der Waals surface area contributed by atoms with Gasteiger partial charge >= 0.3 is 0 Å². The van der Waals surface area contributed by atoms with E-state index >= 15 is 0 Å². The molecule has 0 bridgehead atoms. The van der Waals surface area contributed by atoms with Gasteiger partial charge in [-0.3, -0.25) is 4.79 Å². The highest BCUT2D eigenvalue weighted by molar-refractivity contribution is 7.23. The van der Waals surface area contributed by atoms with Crippen LogP contribution in [0.15, 0.2) is 29.1 Å². The van der Waals surface area contributed by atoms with Gasteiger partial charge in [0.1, 0.15) is 5.82 Å². The molecule has 1 amide bonds. The number of piperidine rings is 1. The summed E-state index contributed by atoms with van der Waals surface area (Å²) in [6.45, 7) is 5.10. The molecule has 1 saturated heterocycles. The fourth-order valence-corrected chi connectivity index (χ4v) is 5.54. The number of primary amides is 1. The third-order valence-electron chi connectivity index (χ3n) is 4.93. The van der Waals surface area contributed by atoms with Crippen molar-refractivity contribution in [3.05, 3.63) is 34.7 Å². The highest BCUT2D eigenvalue weighted by atomic mass is 32.1. The maximum absolute atomic E-state index is 11.9. The minimum absolute atomic E-state index is 0.421. The number of likely N-dealkylation sites (N-methyl/N-ethyl adjacent to an activating group) is 1. The van der Waals surface area contributed by atoms with Crippen molar-refractivity contribution in [3.8, 4) is 10.4 Å². The second-order valence-corrected chi connectivity index (χ2v) is 8.34. The van der Waals surface area contributed by atoms with Crippen molar-refractivity contribution in [1.29, 1.82) is 0 Å². The minimum atomic E-state index is -0.421. The quantitative estimate of drug-likeness (QED) is 0.701. The number of carbonyl (C=O) groups is 1. The number of carbonyl (C=O) groups excluding carboxylic acids is 1. The Morgan fingerprint density at radius 2 is 2.38 bits per heavy atom. The number of amides is 1. The summed E-state index contributed by atoms with van der Waals surface area (Å²) in [7, 11) is 0. The van der Waals surface area contributed by atoms with E-state index in [1.165, 1.54) is 12.0 Å². The van der Waals surface area contributed by atoms with Gasteiger partial charge in [0.25, 0.3) is 5.91 Å². The molecule has 3 aromatic heterocycles. The molecule has 0 aromatic carbocycles. The molecule has 0 unspecified atom stereocenters. The van der Waals surface area contributed by atoms with E-state index in [-0.39, 0.29) is 0 Å². The zero-order valence-corrected chi connectivity index (χ0v) is 16.3. The van der Waals surface area contributed by atoms with Crippen molar-refractivity contribution in [2.45, 2.75) is 25.8 Å². The first-order valence-electron chi connectivity index (χ1n) is 8.91. The fraction of sp³-hybridized carbons (Fsp3) is 0.368. The van der Waals surface area contributed by atoms with E-state index in [4.69, 9.17) is 5.73 Å². The van der Waals surface area contributed by atoms with Crippen molar-refractivity contribution in [1.82, 2.24) is 10.3 Å². The molecule has 0 saturated carbocycles. The van der Waals surface area contributed by atoms with Gasteiger partial charge in [-0.1, -0.05) is 0 Å². The Balaban J connectivity index is 1.86. The lowest BCUT2D eigenvalue weighted by molar-refractivity contribution is 0.100. The van der Waals surface area contributed by atoms with E-state index in [2.05, 4.69) is 45.0 Å². The molecule has 5 nitrogen and oxygen atoms in total. The van der Waals surface area contributed by atoms with Crippen LogP contribution in [-0.4, -0.2) is 36.6 Å². The highest BCUT2D eigenvalue weighted by Gasteiger charge is 2.25. The van der Waals surface area contributed by atoms with Crippen LogP contribution in [0.1, 0.15) is 30.1 Å². The summed E-state index contributed by atoms with van der Waals surface area (Å²) in [5, 5.41) is 8.71. The molecule has 1 atom stereocenters. The SMILES string of the molecule is CCN(c1ncc(C(N)=O)c2sc(-c3ccsc3)cc12)[C@H]1CCCNC1. The number of hydrogen-bond acceptors (Lipinski definition) is 6. The number of pyridine rings is 1. The van der Waals surface area contributed by atoms with Crippen molar-refractivity contribution in [2.75, 3.05) is 24.5 Å². The Hall–Kier alpha value is -1.96. The van der Waals surface area contributed by atoms with Gasteiger partial charge in [-0.25, -0.2) is 4.98 Å². The fourth-order valence-electron chi connectivity index (χ4n) is 3.64. The van der Waals surface area contributed by atoms with E-state index in [0.29, 0.717) is 11.6 Å². The zero-order valence-electron chi connectivity index (χ0n) is 14.7. The number of aromatic nitrogens is 1. The molecular weight excluding hydrogens is 364 g/mol. The lowest BCUT2D eigenvalue weighted by Gasteiger charge is -2.35. The van der Waals surface area contributed by atoms with Gasteiger partial charge in [-0.05, 0) is 49.2 Å². The predicted octanol–water partition coefficient (Wildman–Crippen LogP) is 3.70. The average Bonchev–Trinajstić information content (AvgIpc) is 3.32. The molecule has 1 aliphatic heterocycles. The zero-order chi connectivity index (χ0) is 18.1. The molecule has 0 spiro atoms. The molecule has 0 radical (unpaired) electrons. The van der Waals surface area contributed by atoms with Crippen molar-refractivity contribution in [2.24, 2.45) is 5.73 Å². The first-order chi connectivity index (χ1) is 12.7. The Morgan fingerprint density at radius 3 is 3.04 bits per heavy atom. The summed E-state index contributed by atoms with van der Waals surface area (Å²) in [6, 6.07) is 4.69. The molecule has 3 N–H and O–H groups in total. The average molecular weight is 387 g/mol. The second kappa shape index (κ2) is 7.34. The standard InChI is InChI=1S/C19H22N4OS2/c1-2-23(13-4-3-6-21-9-13)19-14-8-16(12-5-7-25-11-12)26-17(14)15(10-22-19)18(20)24/h5,7-8,10-11,13,21H,2-4,6,9H2,1H3,(H2,20,24)/t13-/m0/s1. The number of fused-ring (bicyclic) bond motifs is 1. The van der Waals surface area contributed by atoms with Gasteiger partial charge in [-0.15, -0.1) is 11.3 Å². The molecule has 3 aromatic rings. The Kier molecular flexibility index (Phi) is 4.93. The molecule has 4 heterocycles. The van der Waals surface area contributed by atoms with Crippen LogP contribution in [0.25, 0.3) is 20.5 Å². The molecular formula is C19H22N4OS2. The molecule has 1 aliphatic rings. The number of nitrogens with one attached hydrogen (secondary N) is 1. The van der Waals surface area contributed by atoms with Crippen LogP contribution in [0.5, 0.6) is 0 Å². The summed E-state index contributed by atoms with van der Waals surface area (Å²) in [6.07, 6.45) is 3.98. The highest BCUT2D eigenvalue weighted by Crippen LogP contribution is 2.40. The van der Waals surface area contributed by atoms with Crippen LogP contribution >= 0.6 is 22.7 Å². The van der Waals surface area contributed by atoms with E-state index in [0.717, 1.165) is 46.8 Å². The molecule has 0 aliphatic carbocycles. The molecule has 1 fully saturated rings. The number of anilines is 1. The topological polar surface area (TPSA) is 71.2 Å². The third kappa shape index (κ3) is 3.11. The van der Waals surface area contributed by atoms with Gasteiger partial charge in [0, 0.05) is 41.2 Å². The van der Waals surface area contributed by atoms with Gasteiger partial charge < -0.3 is 16.0 Å². The monoisotopic (exact) mass is 386 g/mol. The van der Waals surface area contributed by atoms with Crippen LogP contribution in [0.4, 0.5) is 5.82 Å². The Labute approximate surface area is 160 Å². The lowest BCUT2D eigenvalue weighted by Crippen LogP contribution is -2.46. The van der Waals surface area contributed by atoms with Gasteiger partial charge in [-0.2, -0.15) is 11.3 Å². The Morgan fingerprint density at radius 1 is 1.50 bits per heavy atom. The van der Waals surface area contributed by atoms with Gasteiger partial charge in [0.2, 0.25) is 0 Å². The number of thiophene rings is 2. The van der Waals surface area contributed by atoms with E-state index in [9.17, 15) is 4.79 Å². The second-order valence-electron chi connectivity index (χ2n) is 6.51. The summed E-state index contributed by atoms with van der Waals surface area (Å²) < 4.78 is 0.936. The first kappa shape index (κ1) is 17.5. The third-order valence-corrected chi connectivity index (χ3v) is 6.83. The largest absolute Gasteiger partial charge is 0.366 e. The van der Waals surface area contributed by atoms with Crippen LogP contribution in [0.3, 0.4) is 0 Å². The smallest absolute Gasteiger partial charge is 0.251 e. The normalized spacial score (nSPS) is 17.5. The van der Waals surface area contributed by atoms with Crippen LogP contribution in [0.2, 0.25) is 0 Å². The summed E-state index contributed by atoms with van der Waals surface area (Å²) >= 11 is 3.30. The van der Waals surface area contributed by atoms with Crippen molar-refractivity contribution < 1.29 is 4.79 Å². The number of nitrogens with two attached hydrogens (primary N) is 1. The van der Waals surface area contributed by atoms with Gasteiger partial charge in [0.05, 0.1) is 10.3 Å². The lowest BCUT2D eigenvalue weighted by atomic mass is 10.0.